The van der Waals surface area contributed by atoms with E-state index in [0.717, 1.165) is 0 Å². The van der Waals surface area contributed by atoms with Crippen molar-refractivity contribution in [1.29, 1.82) is 0 Å². The Morgan fingerprint density at radius 2 is 1.36 bits per heavy atom. The van der Waals surface area contributed by atoms with Gasteiger partial charge in [-0.25, -0.2) is 14.4 Å². The van der Waals surface area contributed by atoms with E-state index in [-0.39, 0.29) is 30.9 Å². The molecule has 0 bridgehead atoms. The predicted octanol–water partition coefficient (Wildman–Crippen LogP) is -1.63. The molecule has 0 aromatic heterocycles. The van der Waals surface area contributed by atoms with Crippen molar-refractivity contribution in [3.63, 3.8) is 0 Å². The summed E-state index contributed by atoms with van der Waals surface area (Å²) in [5.74, 6) is -4.10. The molecule has 0 fully saturated rings. The Balaban J connectivity index is 2.57. The lowest BCUT2D eigenvalue weighted by atomic mass is 10.1. The summed E-state index contributed by atoms with van der Waals surface area (Å²) in [6, 6.07) is 1.74. The Morgan fingerprint density at radius 3 is 1.89 bits per heavy atom. The van der Waals surface area contributed by atoms with E-state index in [9.17, 15) is 24.0 Å². The second-order valence-corrected chi connectivity index (χ2v) is 8.66. The number of benzene rings is 1. The summed E-state index contributed by atoms with van der Waals surface area (Å²) in [7, 11) is 0. The van der Waals surface area contributed by atoms with Gasteiger partial charge in [-0.2, -0.15) is 0 Å². The van der Waals surface area contributed by atoms with Crippen molar-refractivity contribution in [2.75, 3.05) is 0 Å². The molecule has 1 aromatic rings. The zero-order chi connectivity index (χ0) is 27.6. The number of hydrogen-bond donors (Lipinski definition) is 5. The van der Waals surface area contributed by atoms with Gasteiger partial charge in [0.15, 0.2) is 0 Å². The molecule has 1 amide bonds. The molecule has 0 saturated heterocycles. The number of carbonyl (C=O) groups is 5. The maximum Gasteiger partial charge on any atom is 0.334 e. The van der Waals surface area contributed by atoms with E-state index in [4.69, 9.17) is 38.1 Å². The second-order valence-electron chi connectivity index (χ2n) is 8.66. The number of primary amides is 1. The highest BCUT2D eigenvalue weighted by Gasteiger charge is 2.30. The number of nitrogens with two attached hydrogens (primary N) is 5. The van der Waals surface area contributed by atoms with E-state index >= 15 is 0 Å². The van der Waals surface area contributed by atoms with Crippen molar-refractivity contribution < 1.29 is 38.2 Å². The molecule has 36 heavy (non-hydrogen) atoms. The van der Waals surface area contributed by atoms with Gasteiger partial charge < -0.3 is 42.9 Å². The smallest absolute Gasteiger partial charge is 0.334 e. The summed E-state index contributed by atoms with van der Waals surface area (Å²) in [4.78, 5) is 59.0. The first-order valence-electron chi connectivity index (χ1n) is 11.3. The number of hydrogen-bond acceptors (Lipinski definition) is 12. The van der Waals surface area contributed by atoms with Crippen molar-refractivity contribution in [2.45, 2.75) is 70.3 Å². The topological polar surface area (TPSA) is 243 Å². The molecule has 0 aliphatic carbocycles. The molecule has 0 unspecified atom stereocenters. The molecule has 200 valence electrons. The zero-order valence-electron chi connectivity index (χ0n) is 20.5. The quantitative estimate of drug-likeness (QED) is 0.114. The van der Waals surface area contributed by atoms with E-state index in [0.29, 0.717) is 5.56 Å². The van der Waals surface area contributed by atoms with E-state index in [1.165, 1.54) is 19.1 Å². The second kappa shape index (κ2) is 14.2. The van der Waals surface area contributed by atoms with Gasteiger partial charge in [0.2, 0.25) is 5.91 Å². The van der Waals surface area contributed by atoms with Gasteiger partial charge in [-0.3, -0.25) is 9.59 Å². The van der Waals surface area contributed by atoms with Crippen molar-refractivity contribution in [2.24, 2.45) is 34.6 Å². The highest BCUT2D eigenvalue weighted by Crippen LogP contribution is 2.15. The Hall–Kier alpha value is -3.39. The van der Waals surface area contributed by atoms with Gasteiger partial charge in [-0.05, 0) is 43.4 Å². The number of esters is 4. The lowest BCUT2D eigenvalue weighted by molar-refractivity contribution is -0.165. The molecule has 0 radical (unpaired) electrons. The molecule has 13 heteroatoms. The zero-order valence-corrected chi connectivity index (χ0v) is 20.5. The molecule has 0 spiro atoms. The number of rotatable bonds is 13. The molecule has 10 N–H and O–H groups in total. The van der Waals surface area contributed by atoms with Gasteiger partial charge in [0, 0.05) is 6.42 Å². The molecular weight excluding hydrogens is 474 g/mol. The van der Waals surface area contributed by atoms with Crippen LogP contribution in [0.15, 0.2) is 24.3 Å². The minimum Gasteiger partial charge on any atom is -0.459 e. The van der Waals surface area contributed by atoms with E-state index in [2.05, 4.69) is 4.74 Å². The summed E-state index contributed by atoms with van der Waals surface area (Å²) >= 11 is 0. The molecule has 1 rings (SSSR count). The van der Waals surface area contributed by atoms with Crippen molar-refractivity contribution in [1.82, 2.24) is 0 Å². The lowest BCUT2D eigenvalue weighted by Gasteiger charge is -2.21. The van der Waals surface area contributed by atoms with Crippen LogP contribution in [0.3, 0.4) is 0 Å². The van der Waals surface area contributed by atoms with Crippen LogP contribution in [0.1, 0.15) is 39.2 Å². The summed E-state index contributed by atoms with van der Waals surface area (Å²) in [6.45, 7) is 4.94. The lowest BCUT2D eigenvalue weighted by Crippen LogP contribution is -2.48. The average Bonchev–Trinajstić information content (AvgIpc) is 2.82. The van der Waals surface area contributed by atoms with Gasteiger partial charge in [-0.1, -0.05) is 26.0 Å². The molecule has 13 nitrogen and oxygen atoms in total. The third-order valence-electron chi connectivity index (χ3n) is 5.18. The van der Waals surface area contributed by atoms with Gasteiger partial charge in [0.05, 0.1) is 0 Å². The Labute approximate surface area is 208 Å². The number of carbonyl (C=O) groups excluding carboxylic acids is 5. The third-order valence-corrected chi connectivity index (χ3v) is 5.18. The number of amides is 1. The molecular formula is C23H35N5O8. The fourth-order valence-electron chi connectivity index (χ4n) is 2.68. The van der Waals surface area contributed by atoms with Crippen LogP contribution in [0.2, 0.25) is 0 Å². The van der Waals surface area contributed by atoms with Gasteiger partial charge in [-0.15, -0.1) is 0 Å². The van der Waals surface area contributed by atoms with Crippen LogP contribution in [-0.4, -0.2) is 60.1 Å². The van der Waals surface area contributed by atoms with Crippen LogP contribution in [0.5, 0.6) is 5.75 Å². The maximum absolute atomic E-state index is 12.3. The van der Waals surface area contributed by atoms with Crippen LogP contribution >= 0.6 is 0 Å². The van der Waals surface area contributed by atoms with Gasteiger partial charge in [0.25, 0.3) is 0 Å². The van der Waals surface area contributed by atoms with Crippen LogP contribution in [0, 0.1) is 5.92 Å². The number of ether oxygens (including phenoxy) is 3. The standard InChI is InChI=1S/C23H35N5O8/c1-11(2)18(27)22(32)35-14-6-4-13(5-7-14)10-16(25)21(31)34-12(3)19(28)23(33)36-20(30)15(24)8-9-17(26)29/h4-7,11-12,15-16,18-19H,8-10,24-25,27-28H2,1-3H3,(H2,26,29)/t12-,15+,16+,18+,19+/m1/s1. The van der Waals surface area contributed by atoms with Crippen molar-refractivity contribution in [3.8, 4) is 5.75 Å². The van der Waals surface area contributed by atoms with E-state index < -0.39 is 60.1 Å². The summed E-state index contributed by atoms with van der Waals surface area (Å²) in [5.41, 5.74) is 28.5. The minimum absolute atomic E-state index is 0.0792. The third kappa shape index (κ3) is 10.1. The first-order valence-corrected chi connectivity index (χ1v) is 11.3. The molecule has 1 aromatic carbocycles. The van der Waals surface area contributed by atoms with Crippen molar-refractivity contribution in [3.05, 3.63) is 29.8 Å². The molecule has 0 aliphatic heterocycles. The maximum atomic E-state index is 12.3. The monoisotopic (exact) mass is 509 g/mol. The summed E-state index contributed by atoms with van der Waals surface area (Å²) < 4.78 is 14.9. The van der Waals surface area contributed by atoms with Crippen LogP contribution in [0.4, 0.5) is 0 Å². The highest BCUT2D eigenvalue weighted by atomic mass is 16.6. The Kier molecular flexibility index (Phi) is 12.1. The predicted molar refractivity (Wildman–Crippen MR) is 128 cm³/mol. The van der Waals surface area contributed by atoms with Crippen LogP contribution < -0.4 is 33.4 Å². The normalized spacial score (nSPS) is 15.2. The van der Waals surface area contributed by atoms with Gasteiger partial charge in [0.1, 0.15) is 36.0 Å². The van der Waals surface area contributed by atoms with Gasteiger partial charge >= 0.3 is 23.9 Å². The largest absolute Gasteiger partial charge is 0.459 e. The Morgan fingerprint density at radius 1 is 0.778 bits per heavy atom. The Bertz CT molecular complexity index is 937. The summed E-state index contributed by atoms with van der Waals surface area (Å²) in [6.07, 6.45) is -1.36. The first kappa shape index (κ1) is 30.6. The van der Waals surface area contributed by atoms with Crippen LogP contribution in [0.25, 0.3) is 0 Å². The van der Waals surface area contributed by atoms with E-state index in [1.807, 2.05) is 0 Å². The van der Waals surface area contributed by atoms with Crippen molar-refractivity contribution >= 4 is 29.8 Å². The average molecular weight is 510 g/mol. The highest BCUT2D eigenvalue weighted by molar-refractivity contribution is 5.91. The fourth-order valence-corrected chi connectivity index (χ4v) is 2.68. The SMILES string of the molecule is CC(C)[C@H](N)C(=O)Oc1ccc(C[C@H](N)C(=O)O[C@H](C)[C@H](N)C(=O)OC(=O)[C@@H](N)CCC(N)=O)cc1. The van der Waals surface area contributed by atoms with E-state index in [1.54, 1.807) is 26.0 Å². The molecule has 0 aliphatic rings. The molecule has 0 heterocycles. The first-order chi connectivity index (χ1) is 16.7. The summed E-state index contributed by atoms with van der Waals surface area (Å²) in [5, 5.41) is 0. The molecule has 0 saturated carbocycles. The fraction of sp³-hybridized carbons (Fsp3) is 0.522. The minimum atomic E-state index is -1.49. The molecule has 5 atom stereocenters. The van der Waals surface area contributed by atoms with Crippen LogP contribution in [-0.2, 0) is 39.9 Å².